The number of thiazole rings is 1. The van der Waals surface area contributed by atoms with Crippen molar-refractivity contribution in [2.45, 2.75) is 26.8 Å². The van der Waals surface area contributed by atoms with Gasteiger partial charge >= 0.3 is 0 Å². The van der Waals surface area contributed by atoms with Gasteiger partial charge in [0, 0.05) is 51.1 Å². The summed E-state index contributed by atoms with van der Waals surface area (Å²) in [5.41, 5.74) is 2.90. The Labute approximate surface area is 182 Å². The lowest BCUT2D eigenvalue weighted by Gasteiger charge is -2.13. The molecule has 0 spiro atoms. The quantitative estimate of drug-likeness (QED) is 0.363. The van der Waals surface area contributed by atoms with Gasteiger partial charge in [0.25, 0.3) is 5.91 Å². The minimum Gasteiger partial charge on any atom is -0.356 e. The molecule has 148 valence electrons. The summed E-state index contributed by atoms with van der Waals surface area (Å²) in [7, 11) is 5.26. The van der Waals surface area contributed by atoms with E-state index in [1.54, 1.807) is 37.4 Å². The van der Waals surface area contributed by atoms with Crippen molar-refractivity contribution >= 4 is 47.2 Å². The number of benzene rings is 1. The molecule has 0 saturated carbocycles. The van der Waals surface area contributed by atoms with Crippen molar-refractivity contribution in [3.8, 4) is 0 Å². The first kappa shape index (κ1) is 23.4. The number of hydrogen-bond donors (Lipinski definition) is 2. The Kier molecular flexibility index (Phi) is 9.71. The number of guanidine groups is 1. The Morgan fingerprint density at radius 3 is 2.37 bits per heavy atom. The smallest absolute Gasteiger partial charge is 0.253 e. The molecular weight excluding hydrogens is 473 g/mol. The molecule has 2 rings (SSSR count). The Morgan fingerprint density at radius 1 is 1.19 bits per heavy atom. The third-order valence-electron chi connectivity index (χ3n) is 3.99. The first-order chi connectivity index (χ1) is 12.4. The summed E-state index contributed by atoms with van der Waals surface area (Å²) in [5, 5.41) is 7.74. The van der Waals surface area contributed by atoms with Crippen LogP contribution in [0.1, 0.15) is 31.5 Å². The SMILES string of the molecule is CN=C(NCCc1nc(C)c(C)s1)NCc1ccc(C(=O)N(C)C)cc1.I. The van der Waals surface area contributed by atoms with E-state index < -0.39 is 0 Å². The fourth-order valence-corrected chi connectivity index (χ4v) is 3.30. The van der Waals surface area contributed by atoms with E-state index in [-0.39, 0.29) is 29.9 Å². The summed E-state index contributed by atoms with van der Waals surface area (Å²) >= 11 is 1.75. The molecule has 2 aromatic rings. The Hall–Kier alpha value is -1.68. The van der Waals surface area contributed by atoms with Gasteiger partial charge in [-0.1, -0.05) is 12.1 Å². The van der Waals surface area contributed by atoms with Crippen LogP contribution in [0.15, 0.2) is 29.3 Å². The normalized spacial score (nSPS) is 10.9. The summed E-state index contributed by atoms with van der Waals surface area (Å²) < 4.78 is 0. The average molecular weight is 501 g/mol. The minimum atomic E-state index is 0. The first-order valence-electron chi connectivity index (χ1n) is 8.58. The van der Waals surface area contributed by atoms with E-state index in [1.165, 1.54) is 4.88 Å². The van der Waals surface area contributed by atoms with E-state index in [1.807, 2.05) is 31.2 Å². The summed E-state index contributed by atoms with van der Waals surface area (Å²) in [4.78, 5) is 23.5. The fraction of sp³-hybridized carbons (Fsp3) is 0.421. The van der Waals surface area contributed by atoms with Gasteiger partial charge in [0.1, 0.15) is 0 Å². The molecule has 0 aliphatic heterocycles. The molecule has 0 bridgehead atoms. The molecule has 2 N–H and O–H groups in total. The number of aromatic nitrogens is 1. The van der Waals surface area contributed by atoms with Crippen LogP contribution < -0.4 is 10.6 Å². The molecule has 0 radical (unpaired) electrons. The maximum absolute atomic E-state index is 11.9. The number of carbonyl (C=O) groups excluding carboxylic acids is 1. The number of carbonyl (C=O) groups is 1. The number of rotatable bonds is 6. The molecule has 0 atom stereocenters. The van der Waals surface area contributed by atoms with Crippen molar-refractivity contribution in [1.29, 1.82) is 0 Å². The maximum atomic E-state index is 11.9. The number of halogens is 1. The van der Waals surface area contributed by atoms with Gasteiger partial charge < -0.3 is 15.5 Å². The van der Waals surface area contributed by atoms with E-state index in [4.69, 9.17) is 0 Å². The second-order valence-corrected chi connectivity index (χ2v) is 7.54. The van der Waals surface area contributed by atoms with Crippen LogP contribution in [0.4, 0.5) is 0 Å². The molecule has 1 aromatic carbocycles. The Bertz CT molecular complexity index is 751. The largest absolute Gasteiger partial charge is 0.356 e. The highest BCUT2D eigenvalue weighted by Crippen LogP contribution is 2.16. The molecule has 8 heteroatoms. The maximum Gasteiger partial charge on any atom is 0.253 e. The van der Waals surface area contributed by atoms with Crippen LogP contribution in [-0.2, 0) is 13.0 Å². The molecule has 0 unspecified atom stereocenters. The lowest BCUT2D eigenvalue weighted by molar-refractivity contribution is 0.0827. The molecule has 1 aromatic heterocycles. The number of nitrogens with zero attached hydrogens (tertiary/aromatic N) is 3. The summed E-state index contributed by atoms with van der Waals surface area (Å²) in [5.74, 6) is 0.762. The van der Waals surface area contributed by atoms with Crippen molar-refractivity contribution in [2.24, 2.45) is 4.99 Å². The molecule has 1 amide bonds. The molecule has 0 aliphatic rings. The zero-order valence-corrected chi connectivity index (χ0v) is 19.6. The highest BCUT2D eigenvalue weighted by Gasteiger charge is 2.07. The molecule has 27 heavy (non-hydrogen) atoms. The van der Waals surface area contributed by atoms with E-state index in [2.05, 4.69) is 27.5 Å². The number of amides is 1. The van der Waals surface area contributed by atoms with Crippen LogP contribution in [-0.4, -0.2) is 49.4 Å². The van der Waals surface area contributed by atoms with Crippen LogP contribution in [0.2, 0.25) is 0 Å². The number of hydrogen-bond acceptors (Lipinski definition) is 4. The van der Waals surface area contributed by atoms with Crippen LogP contribution in [0.5, 0.6) is 0 Å². The molecule has 0 fully saturated rings. The second-order valence-electron chi connectivity index (χ2n) is 6.25. The summed E-state index contributed by atoms with van der Waals surface area (Å²) in [6, 6.07) is 7.61. The molecule has 1 heterocycles. The van der Waals surface area contributed by atoms with E-state index in [0.717, 1.165) is 35.2 Å². The molecule has 0 aliphatic carbocycles. The zero-order valence-electron chi connectivity index (χ0n) is 16.5. The van der Waals surface area contributed by atoms with Crippen molar-refractivity contribution < 1.29 is 4.79 Å². The van der Waals surface area contributed by atoms with Gasteiger partial charge in [0.2, 0.25) is 0 Å². The Morgan fingerprint density at radius 2 is 1.85 bits per heavy atom. The van der Waals surface area contributed by atoms with Gasteiger partial charge in [-0.15, -0.1) is 35.3 Å². The van der Waals surface area contributed by atoms with E-state index in [9.17, 15) is 4.79 Å². The Balaban J connectivity index is 0.00000364. The number of aryl methyl sites for hydroxylation is 2. The van der Waals surface area contributed by atoms with Crippen LogP contribution in [0, 0.1) is 13.8 Å². The van der Waals surface area contributed by atoms with Gasteiger partial charge in [-0.3, -0.25) is 9.79 Å². The van der Waals surface area contributed by atoms with Gasteiger partial charge in [0.15, 0.2) is 5.96 Å². The third kappa shape index (κ3) is 7.10. The van der Waals surface area contributed by atoms with E-state index >= 15 is 0 Å². The average Bonchev–Trinajstić information content (AvgIpc) is 2.95. The topological polar surface area (TPSA) is 69.6 Å². The van der Waals surface area contributed by atoms with Crippen molar-refractivity contribution in [3.05, 3.63) is 51.0 Å². The molecule has 0 saturated heterocycles. The fourth-order valence-electron chi connectivity index (χ4n) is 2.36. The van der Waals surface area contributed by atoms with Gasteiger partial charge in [-0.05, 0) is 31.5 Å². The zero-order chi connectivity index (χ0) is 19.1. The predicted molar refractivity (Wildman–Crippen MR) is 123 cm³/mol. The standard InChI is InChI=1S/C19H27N5OS.HI/c1-13-14(2)26-17(23-13)10-11-21-19(20-3)22-12-15-6-8-16(9-7-15)18(25)24(4)5;/h6-9H,10-12H2,1-5H3,(H2,20,21,22);1H. The van der Waals surface area contributed by atoms with Gasteiger partial charge in [0.05, 0.1) is 10.7 Å². The highest BCUT2D eigenvalue weighted by molar-refractivity contribution is 14.0. The summed E-state index contributed by atoms with van der Waals surface area (Å²) in [6.45, 7) is 5.57. The number of nitrogens with one attached hydrogen (secondary N) is 2. The second kappa shape index (κ2) is 11.2. The lowest BCUT2D eigenvalue weighted by Crippen LogP contribution is -2.37. The van der Waals surface area contributed by atoms with E-state index in [0.29, 0.717) is 12.1 Å². The third-order valence-corrected chi connectivity index (χ3v) is 5.13. The van der Waals surface area contributed by atoms with Crippen molar-refractivity contribution in [2.75, 3.05) is 27.7 Å². The molecule has 6 nitrogen and oxygen atoms in total. The van der Waals surface area contributed by atoms with Crippen molar-refractivity contribution in [1.82, 2.24) is 20.5 Å². The van der Waals surface area contributed by atoms with Crippen LogP contribution in [0.3, 0.4) is 0 Å². The number of aliphatic imine (C=N–C) groups is 1. The summed E-state index contributed by atoms with van der Waals surface area (Å²) in [6.07, 6.45) is 0.876. The highest BCUT2D eigenvalue weighted by atomic mass is 127. The predicted octanol–water partition coefficient (Wildman–Crippen LogP) is 2.99. The van der Waals surface area contributed by atoms with Crippen molar-refractivity contribution in [3.63, 3.8) is 0 Å². The lowest BCUT2D eigenvalue weighted by atomic mass is 10.1. The van der Waals surface area contributed by atoms with Crippen LogP contribution in [0.25, 0.3) is 0 Å². The van der Waals surface area contributed by atoms with Crippen LogP contribution >= 0.6 is 35.3 Å². The van der Waals surface area contributed by atoms with Gasteiger partial charge in [-0.2, -0.15) is 0 Å². The first-order valence-corrected chi connectivity index (χ1v) is 9.40. The van der Waals surface area contributed by atoms with Gasteiger partial charge in [-0.25, -0.2) is 4.98 Å². The molecular formula is C19H28IN5OS. The minimum absolute atomic E-state index is 0. The monoisotopic (exact) mass is 501 g/mol.